The van der Waals surface area contributed by atoms with Crippen molar-refractivity contribution in [3.05, 3.63) is 59.2 Å². The molecule has 1 N–H and O–H groups in total. The van der Waals surface area contributed by atoms with Gasteiger partial charge >= 0.3 is 0 Å². The van der Waals surface area contributed by atoms with Crippen LogP contribution in [-0.4, -0.2) is 36.5 Å². The topological polar surface area (TPSA) is 65.4 Å². The van der Waals surface area contributed by atoms with Gasteiger partial charge in [-0.15, -0.1) is 0 Å². The lowest BCUT2D eigenvalue weighted by Crippen LogP contribution is -2.42. The third-order valence-electron chi connectivity index (χ3n) is 4.98. The molecule has 0 aliphatic carbocycles. The van der Waals surface area contributed by atoms with Crippen LogP contribution < -0.4 is 10.1 Å². The number of piperidine rings is 1. The lowest BCUT2D eigenvalue weighted by Gasteiger charge is -2.31. The van der Waals surface area contributed by atoms with Crippen LogP contribution in [0.1, 0.15) is 29.5 Å². The number of anilines is 1. The van der Waals surface area contributed by atoms with Crippen molar-refractivity contribution in [1.29, 1.82) is 5.26 Å². The summed E-state index contributed by atoms with van der Waals surface area (Å²) in [6, 6.07) is 15.2. The van der Waals surface area contributed by atoms with Crippen molar-refractivity contribution < 1.29 is 9.53 Å². The highest BCUT2D eigenvalue weighted by Gasteiger charge is 2.22. The number of ether oxygens (including phenoxy) is 1. The van der Waals surface area contributed by atoms with E-state index in [9.17, 15) is 4.79 Å². The zero-order chi connectivity index (χ0) is 19.2. The Balaban J connectivity index is 1.43. The minimum absolute atomic E-state index is 0.0340. The Hall–Kier alpha value is -2.84. The molecule has 0 bridgehead atoms. The third kappa shape index (κ3) is 5.32. The number of nitrogens with zero attached hydrogens (tertiary/aromatic N) is 2. The molecule has 0 spiro atoms. The van der Waals surface area contributed by atoms with Gasteiger partial charge in [-0.1, -0.05) is 6.07 Å². The van der Waals surface area contributed by atoms with E-state index >= 15 is 0 Å². The molecule has 0 aromatic heterocycles. The quantitative estimate of drug-likeness (QED) is 0.880. The standard InChI is InChI=1S/C22H25N3O2/c1-16-3-8-21(13-17(16)2)27-20-9-11-25(12-10-20)15-22(26)24-19-6-4-18(14-23)5-7-19/h3-8,13,20H,9-12,15H2,1-2H3,(H,24,26). The highest BCUT2D eigenvalue weighted by atomic mass is 16.5. The number of likely N-dealkylation sites (tertiary alicyclic amines) is 1. The molecule has 1 heterocycles. The SMILES string of the molecule is Cc1ccc(OC2CCN(CC(=O)Nc3ccc(C#N)cc3)CC2)cc1C. The van der Waals surface area contributed by atoms with Crippen molar-refractivity contribution >= 4 is 11.6 Å². The van der Waals surface area contributed by atoms with Gasteiger partial charge in [0.15, 0.2) is 0 Å². The van der Waals surface area contributed by atoms with E-state index < -0.39 is 0 Å². The maximum absolute atomic E-state index is 12.2. The van der Waals surface area contributed by atoms with Gasteiger partial charge in [0.25, 0.3) is 0 Å². The van der Waals surface area contributed by atoms with Crippen molar-refractivity contribution in [2.75, 3.05) is 25.0 Å². The Kier molecular flexibility index (Phi) is 6.10. The lowest BCUT2D eigenvalue weighted by atomic mass is 10.1. The number of nitrogens with one attached hydrogen (secondary N) is 1. The Morgan fingerprint density at radius 3 is 2.48 bits per heavy atom. The van der Waals surface area contributed by atoms with Crippen molar-refractivity contribution in [2.45, 2.75) is 32.8 Å². The summed E-state index contributed by atoms with van der Waals surface area (Å²) in [5.74, 6) is 0.892. The van der Waals surface area contributed by atoms with Crippen LogP contribution in [0.25, 0.3) is 0 Å². The summed E-state index contributed by atoms with van der Waals surface area (Å²) in [4.78, 5) is 14.4. The largest absolute Gasteiger partial charge is 0.490 e. The number of hydrogen-bond donors (Lipinski definition) is 1. The summed E-state index contributed by atoms with van der Waals surface area (Å²) in [7, 11) is 0. The summed E-state index contributed by atoms with van der Waals surface area (Å²) < 4.78 is 6.11. The molecule has 5 heteroatoms. The molecule has 1 fully saturated rings. The molecule has 2 aromatic rings. The Morgan fingerprint density at radius 1 is 1.15 bits per heavy atom. The summed E-state index contributed by atoms with van der Waals surface area (Å²) in [5.41, 5.74) is 3.81. The molecule has 1 aliphatic heterocycles. The molecule has 3 rings (SSSR count). The average Bonchev–Trinajstić information content (AvgIpc) is 2.67. The Bertz CT molecular complexity index is 832. The van der Waals surface area contributed by atoms with Gasteiger partial charge in [0, 0.05) is 18.8 Å². The molecular weight excluding hydrogens is 338 g/mol. The van der Waals surface area contributed by atoms with Crippen molar-refractivity contribution in [1.82, 2.24) is 4.90 Å². The first kappa shape index (κ1) is 18.9. The van der Waals surface area contributed by atoms with E-state index in [2.05, 4.69) is 42.3 Å². The van der Waals surface area contributed by atoms with Crippen LogP contribution in [0.15, 0.2) is 42.5 Å². The monoisotopic (exact) mass is 363 g/mol. The molecule has 5 nitrogen and oxygen atoms in total. The van der Waals surface area contributed by atoms with E-state index in [1.54, 1.807) is 24.3 Å². The summed E-state index contributed by atoms with van der Waals surface area (Å²) in [6.45, 7) is 6.25. The maximum Gasteiger partial charge on any atom is 0.238 e. The number of hydrogen-bond acceptors (Lipinski definition) is 4. The summed E-state index contributed by atoms with van der Waals surface area (Å²) in [6.07, 6.45) is 2.03. The number of carbonyl (C=O) groups is 1. The van der Waals surface area contributed by atoms with Crippen LogP contribution in [0.2, 0.25) is 0 Å². The minimum Gasteiger partial charge on any atom is -0.490 e. The zero-order valence-corrected chi connectivity index (χ0v) is 15.9. The van der Waals surface area contributed by atoms with Gasteiger partial charge in [0.1, 0.15) is 11.9 Å². The van der Waals surface area contributed by atoms with Crippen LogP contribution in [-0.2, 0) is 4.79 Å². The second-order valence-corrected chi connectivity index (χ2v) is 7.08. The van der Waals surface area contributed by atoms with Gasteiger partial charge < -0.3 is 10.1 Å². The van der Waals surface area contributed by atoms with Crippen molar-refractivity contribution in [3.8, 4) is 11.8 Å². The molecule has 2 aromatic carbocycles. The van der Waals surface area contributed by atoms with Crippen LogP contribution in [0.3, 0.4) is 0 Å². The van der Waals surface area contributed by atoms with Crippen LogP contribution in [0.4, 0.5) is 5.69 Å². The number of carbonyl (C=O) groups excluding carboxylic acids is 1. The Morgan fingerprint density at radius 2 is 1.85 bits per heavy atom. The number of rotatable bonds is 5. The normalized spacial score (nSPS) is 15.1. The van der Waals surface area contributed by atoms with E-state index in [1.165, 1.54) is 11.1 Å². The molecule has 0 atom stereocenters. The first-order valence-electron chi connectivity index (χ1n) is 9.30. The second-order valence-electron chi connectivity index (χ2n) is 7.08. The van der Waals surface area contributed by atoms with Crippen LogP contribution in [0, 0.1) is 25.2 Å². The van der Waals surface area contributed by atoms with Gasteiger partial charge in [0.2, 0.25) is 5.91 Å². The molecule has 1 amide bonds. The first-order valence-corrected chi connectivity index (χ1v) is 9.30. The van der Waals surface area contributed by atoms with Crippen molar-refractivity contribution in [3.63, 3.8) is 0 Å². The predicted octanol–water partition coefficient (Wildman–Crippen LogP) is 3.66. The van der Waals surface area contributed by atoms with Gasteiger partial charge in [-0.2, -0.15) is 5.26 Å². The van der Waals surface area contributed by atoms with E-state index in [4.69, 9.17) is 10.00 Å². The lowest BCUT2D eigenvalue weighted by molar-refractivity contribution is -0.117. The van der Waals surface area contributed by atoms with Gasteiger partial charge in [-0.3, -0.25) is 9.69 Å². The highest BCUT2D eigenvalue weighted by Crippen LogP contribution is 2.21. The van der Waals surface area contributed by atoms with Gasteiger partial charge in [0.05, 0.1) is 18.2 Å². The van der Waals surface area contributed by atoms with E-state index in [1.807, 2.05) is 6.07 Å². The molecule has 1 aliphatic rings. The fourth-order valence-electron chi connectivity index (χ4n) is 3.20. The number of benzene rings is 2. The van der Waals surface area contributed by atoms with Crippen molar-refractivity contribution in [2.24, 2.45) is 0 Å². The van der Waals surface area contributed by atoms with Gasteiger partial charge in [-0.05, 0) is 74.2 Å². The fraction of sp³-hybridized carbons (Fsp3) is 0.364. The summed E-state index contributed by atoms with van der Waals surface area (Å²) in [5, 5.41) is 11.7. The highest BCUT2D eigenvalue weighted by molar-refractivity contribution is 5.92. The fourth-order valence-corrected chi connectivity index (χ4v) is 3.20. The second kappa shape index (κ2) is 8.70. The molecule has 1 saturated heterocycles. The summed E-state index contributed by atoms with van der Waals surface area (Å²) >= 11 is 0. The maximum atomic E-state index is 12.2. The number of amides is 1. The van der Waals surface area contributed by atoms with Crippen LogP contribution >= 0.6 is 0 Å². The van der Waals surface area contributed by atoms with E-state index in [-0.39, 0.29) is 12.0 Å². The third-order valence-corrected chi connectivity index (χ3v) is 4.98. The molecular formula is C22H25N3O2. The number of aryl methyl sites for hydroxylation is 2. The molecule has 0 saturated carbocycles. The van der Waals surface area contributed by atoms with E-state index in [0.29, 0.717) is 17.8 Å². The number of nitriles is 1. The first-order chi connectivity index (χ1) is 13.0. The molecule has 0 unspecified atom stereocenters. The smallest absolute Gasteiger partial charge is 0.238 e. The van der Waals surface area contributed by atoms with E-state index in [0.717, 1.165) is 31.7 Å². The molecule has 140 valence electrons. The van der Waals surface area contributed by atoms with Crippen LogP contribution in [0.5, 0.6) is 5.75 Å². The zero-order valence-electron chi connectivity index (χ0n) is 15.9. The predicted molar refractivity (Wildman–Crippen MR) is 106 cm³/mol. The van der Waals surface area contributed by atoms with Gasteiger partial charge in [-0.25, -0.2) is 0 Å². The molecule has 0 radical (unpaired) electrons. The molecule has 27 heavy (non-hydrogen) atoms. The Labute approximate surface area is 160 Å². The average molecular weight is 363 g/mol. The minimum atomic E-state index is -0.0340.